The summed E-state index contributed by atoms with van der Waals surface area (Å²) >= 11 is 0. The Morgan fingerprint density at radius 2 is 2.16 bits per heavy atom. The minimum Gasteiger partial charge on any atom is -0.349 e. The maximum atomic E-state index is 12.1. The van der Waals surface area contributed by atoms with Gasteiger partial charge in [0.15, 0.2) is 5.79 Å². The molecule has 1 unspecified atom stereocenters. The number of carbonyl (C=O) groups is 1. The summed E-state index contributed by atoms with van der Waals surface area (Å²) in [6, 6.07) is 5.74. The Balaban J connectivity index is 1.93. The quantitative estimate of drug-likeness (QED) is 0.909. The van der Waals surface area contributed by atoms with Crippen molar-refractivity contribution >= 4 is 5.91 Å². The van der Waals surface area contributed by atoms with Crippen LogP contribution in [0.15, 0.2) is 18.2 Å². The first-order chi connectivity index (χ1) is 8.89. The number of carbonyl (C=O) groups excluding carboxylic acids is 1. The minimum absolute atomic E-state index is 0.0606. The van der Waals surface area contributed by atoms with Crippen LogP contribution in [0.5, 0.6) is 0 Å². The molecule has 1 aromatic carbocycles. The van der Waals surface area contributed by atoms with Crippen LogP contribution in [0, 0.1) is 13.8 Å². The number of benzene rings is 1. The van der Waals surface area contributed by atoms with E-state index in [-0.39, 0.29) is 12.0 Å². The molecule has 1 N–H and O–H groups in total. The normalized spacial score (nSPS) is 21.4. The Morgan fingerprint density at radius 3 is 2.79 bits per heavy atom. The van der Waals surface area contributed by atoms with Gasteiger partial charge in [-0.2, -0.15) is 0 Å². The molecule has 104 valence electrons. The second kappa shape index (κ2) is 5.31. The molecule has 19 heavy (non-hydrogen) atoms. The molecule has 1 aliphatic heterocycles. The third-order valence-electron chi connectivity index (χ3n) is 3.41. The van der Waals surface area contributed by atoms with Crippen LogP contribution in [0.25, 0.3) is 0 Å². The van der Waals surface area contributed by atoms with E-state index in [1.807, 2.05) is 45.9 Å². The number of aryl methyl sites for hydroxylation is 1. The molecule has 0 spiro atoms. The average Bonchev–Trinajstić information content (AvgIpc) is 2.69. The van der Waals surface area contributed by atoms with E-state index in [0.29, 0.717) is 13.2 Å². The lowest BCUT2D eigenvalue weighted by Crippen LogP contribution is -2.34. The van der Waals surface area contributed by atoms with E-state index in [1.165, 1.54) is 0 Å². The van der Waals surface area contributed by atoms with Crippen molar-refractivity contribution < 1.29 is 14.3 Å². The fourth-order valence-corrected chi connectivity index (χ4v) is 2.16. The van der Waals surface area contributed by atoms with Gasteiger partial charge in [0.1, 0.15) is 6.10 Å². The zero-order valence-electron chi connectivity index (χ0n) is 11.9. The number of amides is 1. The number of ether oxygens (including phenoxy) is 2. The molecule has 0 aliphatic carbocycles. The summed E-state index contributed by atoms with van der Waals surface area (Å²) < 4.78 is 11.1. The molecule has 1 aromatic rings. The van der Waals surface area contributed by atoms with Crippen LogP contribution in [-0.4, -0.2) is 30.9 Å². The molecule has 1 amide bonds. The molecule has 2 rings (SSSR count). The highest BCUT2D eigenvalue weighted by Gasteiger charge is 2.32. The highest BCUT2D eigenvalue weighted by Crippen LogP contribution is 2.21. The first-order valence-corrected chi connectivity index (χ1v) is 6.55. The summed E-state index contributed by atoms with van der Waals surface area (Å²) in [7, 11) is 0. The van der Waals surface area contributed by atoms with Gasteiger partial charge in [-0.15, -0.1) is 0 Å². The third-order valence-corrected chi connectivity index (χ3v) is 3.41. The average molecular weight is 263 g/mol. The van der Waals surface area contributed by atoms with Gasteiger partial charge in [-0.1, -0.05) is 12.1 Å². The van der Waals surface area contributed by atoms with E-state index in [4.69, 9.17) is 9.47 Å². The Bertz CT molecular complexity index is 482. The Labute approximate surface area is 114 Å². The van der Waals surface area contributed by atoms with E-state index in [0.717, 1.165) is 16.7 Å². The van der Waals surface area contributed by atoms with Gasteiger partial charge < -0.3 is 14.8 Å². The zero-order valence-corrected chi connectivity index (χ0v) is 11.9. The first-order valence-electron chi connectivity index (χ1n) is 6.55. The molecule has 1 aliphatic rings. The molecule has 0 aromatic heterocycles. The molecular formula is C15H21NO3. The molecule has 4 heteroatoms. The van der Waals surface area contributed by atoms with Crippen molar-refractivity contribution in [2.75, 3.05) is 13.2 Å². The molecule has 1 atom stereocenters. The zero-order chi connectivity index (χ0) is 14.0. The number of rotatable bonds is 3. The van der Waals surface area contributed by atoms with Gasteiger partial charge in [0.2, 0.25) is 0 Å². The van der Waals surface area contributed by atoms with Crippen molar-refractivity contribution in [3.05, 3.63) is 34.9 Å². The lowest BCUT2D eigenvalue weighted by Gasteiger charge is -2.17. The third kappa shape index (κ3) is 3.33. The standard InChI is InChI=1S/C15H21NO3/c1-10-6-5-7-13(11(10)2)14(17)16-8-12-9-18-15(3,4)19-12/h5-7,12H,8-9H2,1-4H3,(H,16,17). The van der Waals surface area contributed by atoms with Crippen molar-refractivity contribution in [3.8, 4) is 0 Å². The maximum Gasteiger partial charge on any atom is 0.251 e. The highest BCUT2D eigenvalue weighted by molar-refractivity contribution is 5.95. The fourth-order valence-electron chi connectivity index (χ4n) is 2.16. The van der Waals surface area contributed by atoms with Crippen molar-refractivity contribution in [1.82, 2.24) is 5.32 Å². The monoisotopic (exact) mass is 263 g/mol. The highest BCUT2D eigenvalue weighted by atomic mass is 16.7. The van der Waals surface area contributed by atoms with Crippen LogP contribution in [0.2, 0.25) is 0 Å². The van der Waals surface area contributed by atoms with Crippen LogP contribution >= 0.6 is 0 Å². The van der Waals surface area contributed by atoms with Crippen LogP contribution in [-0.2, 0) is 9.47 Å². The summed E-state index contributed by atoms with van der Waals surface area (Å²) in [6.45, 7) is 8.69. The van der Waals surface area contributed by atoms with Gasteiger partial charge in [-0.05, 0) is 44.9 Å². The van der Waals surface area contributed by atoms with Gasteiger partial charge in [0, 0.05) is 12.1 Å². The summed E-state index contributed by atoms with van der Waals surface area (Å²) in [4.78, 5) is 12.1. The molecule has 1 fully saturated rings. The minimum atomic E-state index is -0.547. The lowest BCUT2D eigenvalue weighted by atomic mass is 10.0. The number of hydrogen-bond acceptors (Lipinski definition) is 3. The van der Waals surface area contributed by atoms with E-state index in [2.05, 4.69) is 5.32 Å². The molecule has 0 saturated carbocycles. The van der Waals surface area contributed by atoms with Gasteiger partial charge in [0.05, 0.1) is 6.61 Å². The van der Waals surface area contributed by atoms with Crippen molar-refractivity contribution in [1.29, 1.82) is 0 Å². The number of nitrogens with one attached hydrogen (secondary N) is 1. The van der Waals surface area contributed by atoms with Gasteiger partial charge in [-0.25, -0.2) is 0 Å². The van der Waals surface area contributed by atoms with Gasteiger partial charge >= 0.3 is 0 Å². The maximum absolute atomic E-state index is 12.1. The van der Waals surface area contributed by atoms with E-state index < -0.39 is 5.79 Å². The van der Waals surface area contributed by atoms with Crippen molar-refractivity contribution in [2.45, 2.75) is 39.6 Å². The van der Waals surface area contributed by atoms with Gasteiger partial charge in [-0.3, -0.25) is 4.79 Å². The molecule has 0 bridgehead atoms. The van der Waals surface area contributed by atoms with Crippen LogP contribution in [0.1, 0.15) is 35.3 Å². The summed E-state index contributed by atoms with van der Waals surface area (Å²) in [5.41, 5.74) is 2.86. The van der Waals surface area contributed by atoms with Crippen LogP contribution < -0.4 is 5.32 Å². The summed E-state index contributed by atoms with van der Waals surface area (Å²) in [6.07, 6.45) is -0.0796. The molecule has 1 saturated heterocycles. The predicted octanol–water partition coefficient (Wildman–Crippen LogP) is 2.18. The lowest BCUT2D eigenvalue weighted by molar-refractivity contribution is -0.137. The van der Waals surface area contributed by atoms with E-state index in [9.17, 15) is 4.79 Å². The molecular weight excluding hydrogens is 242 g/mol. The van der Waals surface area contributed by atoms with E-state index in [1.54, 1.807) is 0 Å². The predicted molar refractivity (Wildman–Crippen MR) is 73.2 cm³/mol. The van der Waals surface area contributed by atoms with E-state index >= 15 is 0 Å². The second-order valence-corrected chi connectivity index (χ2v) is 5.41. The summed E-state index contributed by atoms with van der Waals surface area (Å²) in [5.74, 6) is -0.608. The van der Waals surface area contributed by atoms with Crippen molar-refractivity contribution in [2.24, 2.45) is 0 Å². The van der Waals surface area contributed by atoms with Crippen molar-refractivity contribution in [3.63, 3.8) is 0 Å². The second-order valence-electron chi connectivity index (χ2n) is 5.41. The molecule has 0 radical (unpaired) electrons. The largest absolute Gasteiger partial charge is 0.349 e. The fraction of sp³-hybridized carbons (Fsp3) is 0.533. The topological polar surface area (TPSA) is 47.6 Å². The molecule has 1 heterocycles. The summed E-state index contributed by atoms with van der Waals surface area (Å²) in [5, 5.41) is 2.90. The molecule has 4 nitrogen and oxygen atoms in total. The van der Waals surface area contributed by atoms with Gasteiger partial charge in [0.25, 0.3) is 5.91 Å². The number of hydrogen-bond donors (Lipinski definition) is 1. The van der Waals surface area contributed by atoms with Crippen LogP contribution in [0.4, 0.5) is 0 Å². The Kier molecular flexibility index (Phi) is 3.92. The first kappa shape index (κ1) is 14.0. The SMILES string of the molecule is Cc1cccc(C(=O)NCC2COC(C)(C)O2)c1C. The Morgan fingerprint density at radius 1 is 1.42 bits per heavy atom. The smallest absolute Gasteiger partial charge is 0.251 e. The van der Waals surface area contributed by atoms with Crippen LogP contribution in [0.3, 0.4) is 0 Å². The Hall–Kier alpha value is -1.39.